The van der Waals surface area contributed by atoms with Crippen molar-refractivity contribution >= 4 is 18.3 Å². The van der Waals surface area contributed by atoms with Crippen molar-refractivity contribution in [3.05, 3.63) is 69.8 Å². The second-order valence-corrected chi connectivity index (χ2v) is 7.61. The molecule has 0 radical (unpaired) electrons. The molecule has 0 aromatic heterocycles. The van der Waals surface area contributed by atoms with Crippen LogP contribution in [0.5, 0.6) is 0 Å². The highest BCUT2D eigenvalue weighted by Gasteiger charge is 2.26. The van der Waals surface area contributed by atoms with E-state index < -0.39 is 0 Å². The van der Waals surface area contributed by atoms with E-state index >= 15 is 0 Å². The fourth-order valence-corrected chi connectivity index (χ4v) is 4.05. The number of rotatable bonds is 4. The normalized spacial score (nSPS) is 15.1. The van der Waals surface area contributed by atoms with Gasteiger partial charge in [-0.05, 0) is 74.4 Å². The third-order valence-corrected chi connectivity index (χ3v) is 5.71. The second-order valence-electron chi connectivity index (χ2n) is 7.61. The monoisotopic (exact) mass is 386 g/mol. The average molecular weight is 386 g/mol. The quantitative estimate of drug-likeness (QED) is 0.568. The first-order valence-corrected chi connectivity index (χ1v) is 9.85. The molecule has 3 rings (SSSR count). The molecule has 0 N–H and O–H groups in total. The largest absolute Gasteiger partial charge is 0.339 e. The summed E-state index contributed by atoms with van der Waals surface area (Å²) in [6.45, 7) is 10.7. The summed E-state index contributed by atoms with van der Waals surface area (Å²) < 4.78 is 0. The molecule has 5 heteroatoms. The summed E-state index contributed by atoms with van der Waals surface area (Å²) in [5, 5.41) is 16.6. The summed E-state index contributed by atoms with van der Waals surface area (Å²) in [5.74, 6) is 0.496. The second kappa shape index (κ2) is 8.83. The van der Waals surface area contributed by atoms with Gasteiger partial charge in [-0.1, -0.05) is 18.2 Å². The Hall–Kier alpha value is -3.26. The lowest BCUT2D eigenvalue weighted by Crippen LogP contribution is -2.38. The predicted octanol–water partition coefficient (Wildman–Crippen LogP) is 4.62. The first-order chi connectivity index (χ1) is 13.9. The molecule has 0 bridgehead atoms. The Morgan fingerprint density at radius 1 is 1.10 bits per heavy atom. The number of amides is 1. The zero-order valence-electron chi connectivity index (χ0n) is 17.3. The smallest absolute Gasteiger partial charge is 0.254 e. The minimum Gasteiger partial charge on any atom is -0.339 e. The van der Waals surface area contributed by atoms with Gasteiger partial charge >= 0.3 is 0 Å². The minimum absolute atomic E-state index is 0.0707. The summed E-state index contributed by atoms with van der Waals surface area (Å²) >= 11 is 0. The van der Waals surface area contributed by atoms with Crippen molar-refractivity contribution in [2.45, 2.75) is 39.5 Å². The fraction of sp³-hybridized carbons (Fsp3) is 0.333. The zero-order chi connectivity index (χ0) is 21.0. The van der Waals surface area contributed by atoms with Gasteiger partial charge in [0.25, 0.3) is 5.91 Å². The molecule has 2 aromatic carbocycles. The van der Waals surface area contributed by atoms with Crippen molar-refractivity contribution in [3.8, 4) is 6.07 Å². The molecule has 0 saturated carbocycles. The van der Waals surface area contributed by atoms with E-state index in [1.807, 2.05) is 62.1 Å². The van der Waals surface area contributed by atoms with E-state index in [2.05, 4.69) is 23.0 Å². The first-order valence-electron chi connectivity index (χ1n) is 9.85. The number of hydrogen-bond acceptors (Lipinski definition) is 4. The Kier molecular flexibility index (Phi) is 6.23. The number of piperidine rings is 1. The Labute approximate surface area is 172 Å². The van der Waals surface area contributed by atoms with Gasteiger partial charge in [-0.25, -0.2) is 0 Å². The zero-order valence-corrected chi connectivity index (χ0v) is 17.3. The fourth-order valence-electron chi connectivity index (χ4n) is 4.05. The van der Waals surface area contributed by atoms with E-state index in [-0.39, 0.29) is 5.91 Å². The number of benzene rings is 2. The van der Waals surface area contributed by atoms with Crippen LogP contribution in [0.4, 0.5) is 0 Å². The molecule has 1 aliphatic rings. The van der Waals surface area contributed by atoms with Crippen LogP contribution < -0.4 is 0 Å². The van der Waals surface area contributed by atoms with Gasteiger partial charge in [0.1, 0.15) is 0 Å². The first kappa shape index (κ1) is 20.5. The van der Waals surface area contributed by atoms with Crippen molar-refractivity contribution in [2.24, 2.45) is 10.2 Å². The highest BCUT2D eigenvalue weighted by atomic mass is 16.2. The number of nitrogens with zero attached hydrogens (tertiary/aromatic N) is 4. The van der Waals surface area contributed by atoms with Gasteiger partial charge in [0.2, 0.25) is 0 Å². The predicted molar refractivity (Wildman–Crippen MR) is 117 cm³/mol. The maximum Gasteiger partial charge on any atom is 0.254 e. The molecule has 2 aromatic rings. The number of carbonyl (C=O) groups is 1. The van der Waals surface area contributed by atoms with Crippen molar-refractivity contribution in [1.29, 1.82) is 5.26 Å². The molecule has 5 nitrogen and oxygen atoms in total. The molecule has 1 saturated heterocycles. The average Bonchev–Trinajstić information content (AvgIpc) is 2.73. The summed E-state index contributed by atoms with van der Waals surface area (Å²) in [7, 11) is 0. The van der Waals surface area contributed by atoms with Gasteiger partial charge in [0.15, 0.2) is 0 Å². The lowest BCUT2D eigenvalue weighted by molar-refractivity contribution is 0.0712. The Morgan fingerprint density at radius 2 is 1.72 bits per heavy atom. The van der Waals surface area contributed by atoms with E-state index in [9.17, 15) is 4.79 Å². The van der Waals surface area contributed by atoms with E-state index in [1.54, 1.807) is 0 Å². The topological polar surface area (TPSA) is 68.8 Å². The summed E-state index contributed by atoms with van der Waals surface area (Å²) in [6, 6.07) is 13.9. The molecule has 29 heavy (non-hydrogen) atoms. The number of likely N-dealkylation sites (tertiary alicyclic amines) is 1. The summed E-state index contributed by atoms with van der Waals surface area (Å²) in [5.41, 5.74) is 6.38. The number of aryl methyl sites for hydroxylation is 2. The number of carbonyl (C=O) groups excluding carboxylic acids is 1. The Bertz CT molecular complexity index is 991. The van der Waals surface area contributed by atoms with E-state index in [0.717, 1.165) is 53.9 Å². The SMILES string of the molecule is C=N/N=C(\C)c1cc(C(=O)N2CCC(c3ccc(C#N)cc3)CC2)c(C)cc1C. The third kappa shape index (κ3) is 4.43. The van der Waals surface area contributed by atoms with Crippen molar-refractivity contribution in [1.82, 2.24) is 4.90 Å². The van der Waals surface area contributed by atoms with Gasteiger partial charge < -0.3 is 4.90 Å². The molecule has 0 aliphatic carbocycles. The van der Waals surface area contributed by atoms with E-state index in [0.29, 0.717) is 11.5 Å². The van der Waals surface area contributed by atoms with E-state index in [1.165, 1.54) is 5.56 Å². The van der Waals surface area contributed by atoms with Crippen LogP contribution in [0.2, 0.25) is 0 Å². The van der Waals surface area contributed by atoms with E-state index in [4.69, 9.17) is 5.26 Å². The molecule has 0 spiro atoms. The minimum atomic E-state index is 0.0707. The van der Waals surface area contributed by atoms with Crippen LogP contribution in [0.25, 0.3) is 0 Å². The maximum absolute atomic E-state index is 13.2. The molecule has 0 atom stereocenters. The Balaban J connectivity index is 1.75. The molecular weight excluding hydrogens is 360 g/mol. The lowest BCUT2D eigenvalue weighted by Gasteiger charge is -2.33. The highest BCUT2D eigenvalue weighted by Crippen LogP contribution is 2.29. The number of nitriles is 1. The van der Waals surface area contributed by atoms with Crippen LogP contribution in [0.3, 0.4) is 0 Å². The molecule has 148 valence electrons. The van der Waals surface area contributed by atoms with Gasteiger partial charge in [0.05, 0.1) is 17.3 Å². The molecule has 1 amide bonds. The maximum atomic E-state index is 13.2. The summed E-state index contributed by atoms with van der Waals surface area (Å²) in [6.07, 6.45) is 1.85. The molecule has 0 unspecified atom stereocenters. The highest BCUT2D eigenvalue weighted by molar-refractivity contribution is 6.03. The molecular formula is C24H26N4O. The van der Waals surface area contributed by atoms with Crippen molar-refractivity contribution in [3.63, 3.8) is 0 Å². The van der Waals surface area contributed by atoms with Crippen LogP contribution in [0.15, 0.2) is 46.6 Å². The van der Waals surface area contributed by atoms with Gasteiger partial charge in [-0.15, -0.1) is 0 Å². The van der Waals surface area contributed by atoms with Gasteiger partial charge in [-0.3, -0.25) is 4.79 Å². The molecule has 1 aliphatic heterocycles. The third-order valence-electron chi connectivity index (χ3n) is 5.71. The Morgan fingerprint density at radius 3 is 2.31 bits per heavy atom. The van der Waals surface area contributed by atoms with Crippen molar-refractivity contribution in [2.75, 3.05) is 13.1 Å². The molecule has 1 fully saturated rings. The van der Waals surface area contributed by atoms with Gasteiger partial charge in [-0.2, -0.15) is 15.5 Å². The summed E-state index contributed by atoms with van der Waals surface area (Å²) in [4.78, 5) is 15.1. The van der Waals surface area contributed by atoms with Crippen LogP contribution in [0, 0.1) is 25.2 Å². The van der Waals surface area contributed by atoms with Crippen LogP contribution in [-0.2, 0) is 0 Å². The van der Waals surface area contributed by atoms with Crippen molar-refractivity contribution < 1.29 is 4.79 Å². The van der Waals surface area contributed by atoms with Crippen LogP contribution in [-0.4, -0.2) is 36.3 Å². The lowest BCUT2D eigenvalue weighted by atomic mass is 9.88. The number of hydrogen-bond donors (Lipinski definition) is 0. The van der Waals surface area contributed by atoms with Gasteiger partial charge in [0, 0.05) is 30.9 Å². The van der Waals surface area contributed by atoms with Crippen LogP contribution in [0.1, 0.15) is 63.9 Å². The standard InChI is InChI=1S/C24H26N4O/c1-16-13-17(2)23(14-22(16)18(3)27-26-4)24(29)28-11-9-21(10-12-28)20-7-5-19(15-25)6-8-20/h5-8,13-14,21H,4,9-12H2,1-3H3/b27-18+. The van der Waals surface area contributed by atoms with Crippen LogP contribution >= 0.6 is 0 Å². The molecule has 1 heterocycles.